The second-order valence-electron chi connectivity index (χ2n) is 17.6. The fraction of sp³-hybridized carbons (Fsp3) is 0.0154. The highest BCUT2D eigenvalue weighted by Crippen LogP contribution is 2.63. The van der Waals surface area contributed by atoms with Crippen molar-refractivity contribution < 1.29 is 4.39 Å². The van der Waals surface area contributed by atoms with Crippen molar-refractivity contribution in [1.82, 2.24) is 0 Å². The van der Waals surface area contributed by atoms with E-state index in [-0.39, 0.29) is 5.82 Å². The van der Waals surface area contributed by atoms with Crippen LogP contribution >= 0.6 is 0 Å². The molecule has 1 heterocycles. The highest BCUT2D eigenvalue weighted by Gasteiger charge is 2.52. The molecule has 0 unspecified atom stereocenters. The third-order valence-corrected chi connectivity index (χ3v) is 13.6. The number of allylic oxidation sites excluding steroid dienone is 1. The second kappa shape index (κ2) is 17.3. The van der Waals surface area contributed by atoms with E-state index >= 15 is 4.39 Å². The molecule has 2 aliphatic rings. The monoisotopic (exact) mass is 885 g/mol. The molecule has 4 heteroatoms. The van der Waals surface area contributed by atoms with Gasteiger partial charge in [-0.3, -0.25) is 4.99 Å². The molecule has 0 amide bonds. The van der Waals surface area contributed by atoms with Crippen molar-refractivity contribution in [2.45, 2.75) is 5.41 Å². The highest BCUT2D eigenvalue weighted by molar-refractivity contribution is 6.11. The number of aliphatic imine (C=N–C) groups is 1. The summed E-state index contributed by atoms with van der Waals surface area (Å²) >= 11 is 0. The topological polar surface area (TPSA) is 39.5 Å². The maximum absolute atomic E-state index is 15.7. The van der Waals surface area contributed by atoms with Gasteiger partial charge < -0.3 is 10.3 Å². The van der Waals surface area contributed by atoms with E-state index < -0.39 is 5.41 Å². The minimum Gasteiger partial charge on any atom is -0.310 e. The lowest BCUT2D eigenvalue weighted by Crippen LogP contribution is -2.36. The second-order valence-corrected chi connectivity index (χ2v) is 17.6. The number of nitrogens with zero attached hydrogens (tertiary/aromatic N) is 2. The first-order chi connectivity index (χ1) is 34.0. The highest BCUT2D eigenvalue weighted by atomic mass is 19.1. The molecule has 3 nitrogen and oxygen atoms in total. The van der Waals surface area contributed by atoms with Gasteiger partial charge in [-0.2, -0.15) is 0 Å². The number of hydrogen-bond donors (Lipinski definition) is 1. The number of fused-ring (bicyclic) bond motifs is 9. The number of hydrogen-bond acceptors (Lipinski definition) is 3. The lowest BCUT2D eigenvalue weighted by atomic mass is 9.64. The molecule has 0 radical (unpaired) electrons. The van der Waals surface area contributed by atoms with Gasteiger partial charge in [0.15, 0.2) is 0 Å². The van der Waals surface area contributed by atoms with Gasteiger partial charge in [0.25, 0.3) is 0 Å². The molecule has 1 aliphatic heterocycles. The quantitative estimate of drug-likeness (QED) is 0.144. The van der Waals surface area contributed by atoms with Gasteiger partial charge in [0.05, 0.1) is 28.2 Å². The van der Waals surface area contributed by atoms with Crippen LogP contribution in [0.3, 0.4) is 0 Å². The van der Waals surface area contributed by atoms with Crippen LogP contribution in [0.15, 0.2) is 260 Å². The Morgan fingerprint density at radius 3 is 1.67 bits per heavy atom. The molecule has 1 N–H and O–H groups in total. The van der Waals surface area contributed by atoms with Crippen LogP contribution < -0.4 is 4.90 Å². The fourth-order valence-corrected chi connectivity index (χ4v) is 10.5. The van der Waals surface area contributed by atoms with Gasteiger partial charge in [0.2, 0.25) is 0 Å². The first kappa shape index (κ1) is 41.4. The smallest absolute Gasteiger partial charge is 0.123 e. The fourth-order valence-electron chi connectivity index (χ4n) is 10.5. The average Bonchev–Trinajstić information content (AvgIpc) is 3.69. The van der Waals surface area contributed by atoms with Crippen LogP contribution in [0.5, 0.6) is 0 Å². The summed E-state index contributed by atoms with van der Waals surface area (Å²) in [5.74, 6) is -0.256. The Morgan fingerprint density at radius 2 is 0.971 bits per heavy atom. The molecule has 1 aliphatic carbocycles. The van der Waals surface area contributed by atoms with Gasteiger partial charge in [-0.15, -0.1) is 0 Å². The van der Waals surface area contributed by atoms with E-state index in [9.17, 15) is 5.41 Å². The number of rotatable bonds is 9. The minimum absolute atomic E-state index is 0.256. The Balaban J connectivity index is 0.911. The third-order valence-electron chi connectivity index (χ3n) is 13.6. The van der Waals surface area contributed by atoms with Crippen molar-refractivity contribution in [2.75, 3.05) is 4.90 Å². The summed E-state index contributed by atoms with van der Waals surface area (Å²) in [6.07, 6.45) is 3.71. The van der Waals surface area contributed by atoms with E-state index in [1.165, 1.54) is 0 Å². The van der Waals surface area contributed by atoms with Crippen LogP contribution in [0.4, 0.5) is 21.5 Å². The summed E-state index contributed by atoms with van der Waals surface area (Å²) in [7, 11) is 0. The molecule has 0 fully saturated rings. The maximum atomic E-state index is 15.7. The summed E-state index contributed by atoms with van der Waals surface area (Å²) in [5.41, 5.74) is 19.1. The molecule has 10 aromatic carbocycles. The molecule has 69 heavy (non-hydrogen) atoms. The summed E-state index contributed by atoms with van der Waals surface area (Å²) in [4.78, 5) is 7.28. The molecular weight excluding hydrogens is 842 g/mol. The number of anilines is 3. The molecular formula is C65H44FN3. The summed E-state index contributed by atoms with van der Waals surface area (Å²) in [5, 5.41) is 9.40. The molecule has 0 saturated heterocycles. The van der Waals surface area contributed by atoms with Gasteiger partial charge in [0.1, 0.15) is 5.82 Å². The molecule has 12 rings (SSSR count). The van der Waals surface area contributed by atoms with Gasteiger partial charge in [0, 0.05) is 23.0 Å². The van der Waals surface area contributed by atoms with Crippen molar-refractivity contribution in [1.29, 1.82) is 5.41 Å². The Bertz CT molecular complexity index is 3580. The zero-order chi connectivity index (χ0) is 46.3. The maximum Gasteiger partial charge on any atom is 0.123 e. The van der Waals surface area contributed by atoms with Gasteiger partial charge in [-0.05, 0) is 133 Å². The third kappa shape index (κ3) is 7.31. The predicted octanol–water partition coefficient (Wildman–Crippen LogP) is 16.5. The van der Waals surface area contributed by atoms with Crippen molar-refractivity contribution in [2.24, 2.45) is 4.99 Å². The standard InChI is InChI=1S/C65H44FN3/c66-53-35-36-55-56-40-51(34-37-57(56)65(60(55)41-53)58-26-10-12-28-63(58)69(54-24-8-3-9-25-54)64-29-13-11-27-59(64)65)49-21-14-20-48(38-49)50-22-15-23-52(39-50)61(67)42-62(68-43-44-16-4-1-5-17-44)47-32-30-46(31-33-47)45-18-6-2-7-19-45/h1-43,67H/b62-42-,67-61?,68-43+. The number of para-hydroxylation sites is 3. The van der Waals surface area contributed by atoms with Crippen LogP contribution in [0, 0.1) is 11.2 Å². The van der Waals surface area contributed by atoms with Crippen LogP contribution in [0.2, 0.25) is 0 Å². The van der Waals surface area contributed by atoms with E-state index in [1.54, 1.807) is 12.1 Å². The SMILES string of the molecule is N=C(/C=C(\N=C\c1ccccc1)c1ccc(-c2ccccc2)cc1)c1cccc(-c2cccc(-c3ccc4c(c3)-c3ccc(F)cc3C43c4ccccc4N(c4ccccc4)c4ccccc43)c2)c1. The summed E-state index contributed by atoms with van der Waals surface area (Å²) < 4.78 is 15.7. The normalized spacial score (nSPS) is 13.2. The molecule has 1 spiro atoms. The van der Waals surface area contributed by atoms with Crippen LogP contribution in [0.25, 0.3) is 50.2 Å². The first-order valence-electron chi connectivity index (χ1n) is 23.3. The van der Waals surface area contributed by atoms with Gasteiger partial charge >= 0.3 is 0 Å². The van der Waals surface area contributed by atoms with E-state index in [0.717, 1.165) is 101 Å². The predicted molar refractivity (Wildman–Crippen MR) is 284 cm³/mol. The lowest BCUT2D eigenvalue weighted by Gasteiger charge is -2.45. The Hall–Kier alpha value is -8.99. The van der Waals surface area contributed by atoms with Gasteiger partial charge in [-0.25, -0.2) is 4.39 Å². The summed E-state index contributed by atoms with van der Waals surface area (Å²) in [6.45, 7) is 0. The Labute approximate surface area is 402 Å². The number of nitrogens with one attached hydrogen (secondary N) is 1. The van der Waals surface area contributed by atoms with Crippen molar-refractivity contribution >= 4 is 34.7 Å². The molecule has 0 aromatic heterocycles. The van der Waals surface area contributed by atoms with E-state index in [2.05, 4.69) is 169 Å². The van der Waals surface area contributed by atoms with Crippen LogP contribution in [-0.2, 0) is 5.41 Å². The van der Waals surface area contributed by atoms with E-state index in [4.69, 9.17) is 4.99 Å². The zero-order valence-electron chi connectivity index (χ0n) is 37.6. The van der Waals surface area contributed by atoms with Crippen molar-refractivity contribution in [3.8, 4) is 44.5 Å². The Kier molecular flexibility index (Phi) is 10.4. The molecule has 10 aromatic rings. The van der Waals surface area contributed by atoms with Crippen LogP contribution in [-0.4, -0.2) is 11.9 Å². The molecule has 326 valence electrons. The first-order valence-corrected chi connectivity index (χ1v) is 23.3. The largest absolute Gasteiger partial charge is 0.310 e. The van der Waals surface area contributed by atoms with E-state index in [1.807, 2.05) is 85.1 Å². The van der Waals surface area contributed by atoms with Crippen molar-refractivity contribution in [3.63, 3.8) is 0 Å². The summed E-state index contributed by atoms with van der Waals surface area (Å²) in [6, 6.07) is 85.3. The minimum atomic E-state index is -0.747. The van der Waals surface area contributed by atoms with Crippen LogP contribution in [0.1, 0.15) is 38.9 Å². The number of benzene rings is 10. The van der Waals surface area contributed by atoms with Gasteiger partial charge in [-0.1, -0.05) is 194 Å². The average molecular weight is 886 g/mol. The molecule has 0 atom stereocenters. The van der Waals surface area contributed by atoms with E-state index in [0.29, 0.717) is 11.4 Å². The molecule has 0 bridgehead atoms. The lowest BCUT2D eigenvalue weighted by molar-refractivity contribution is 0.621. The van der Waals surface area contributed by atoms with Crippen molar-refractivity contribution in [3.05, 3.63) is 300 Å². The number of halogens is 1. The Morgan fingerprint density at radius 1 is 0.420 bits per heavy atom. The molecule has 0 saturated carbocycles. The zero-order valence-corrected chi connectivity index (χ0v) is 37.6.